The fourth-order valence-electron chi connectivity index (χ4n) is 6.30. The van der Waals surface area contributed by atoms with Crippen molar-refractivity contribution in [3.05, 3.63) is 105 Å². The molecule has 1 aliphatic carbocycles. The van der Waals surface area contributed by atoms with Gasteiger partial charge in [-0.25, -0.2) is 0 Å². The van der Waals surface area contributed by atoms with E-state index in [0.29, 0.717) is 52.1 Å². The molecule has 0 aliphatic heterocycles. The van der Waals surface area contributed by atoms with Crippen molar-refractivity contribution in [3.63, 3.8) is 0 Å². The number of fused-ring (bicyclic) bond motifs is 8. The van der Waals surface area contributed by atoms with Gasteiger partial charge in [0, 0.05) is 59.3 Å². The lowest BCUT2D eigenvalue weighted by Gasteiger charge is -2.23. The minimum absolute atomic E-state index is 0.624. The van der Waals surface area contributed by atoms with Crippen LogP contribution in [0.3, 0.4) is 0 Å². The molecule has 0 aromatic heterocycles. The van der Waals surface area contributed by atoms with E-state index in [1.807, 2.05) is 0 Å². The van der Waals surface area contributed by atoms with E-state index in [1.165, 1.54) is 0 Å². The van der Waals surface area contributed by atoms with E-state index in [4.69, 9.17) is 30.4 Å². The highest BCUT2D eigenvalue weighted by Gasteiger charge is 2.22. The Hall–Kier alpha value is -4.32. The molecule has 0 unspecified atom stereocenters. The molecule has 5 rings (SSSR count). The van der Waals surface area contributed by atoms with E-state index in [9.17, 15) is 0 Å². The molecule has 4 aromatic carbocycles. The zero-order valence-corrected chi connectivity index (χ0v) is 28.0. The minimum atomic E-state index is 0.624. The molecule has 0 fully saturated rings. The Morgan fingerprint density at radius 3 is 0.891 bits per heavy atom. The SMILES string of the molecule is CCCOc1c2cccc1Cc1cc(N)cc(c1OCCC)Cc1cccc(c1OCCC)Cc1cc(N)cc(c1OCCC)C2. The number of benzene rings is 4. The topological polar surface area (TPSA) is 89.0 Å². The van der Waals surface area contributed by atoms with Crippen LogP contribution in [0.5, 0.6) is 23.0 Å². The number of nitrogens with two attached hydrogens (primary N) is 2. The average Bonchev–Trinajstić information content (AvgIpc) is 3.03. The number of para-hydroxylation sites is 2. The number of nitrogen functional groups attached to an aromatic ring is 2. The van der Waals surface area contributed by atoms with Gasteiger partial charge < -0.3 is 30.4 Å². The normalized spacial score (nSPS) is 12.4. The summed E-state index contributed by atoms with van der Waals surface area (Å²) >= 11 is 0. The van der Waals surface area contributed by atoms with Gasteiger partial charge in [0.05, 0.1) is 26.4 Å². The predicted molar refractivity (Wildman–Crippen MR) is 189 cm³/mol. The summed E-state index contributed by atoms with van der Waals surface area (Å²) < 4.78 is 26.1. The van der Waals surface area contributed by atoms with Crippen molar-refractivity contribution in [1.29, 1.82) is 0 Å². The molecule has 6 nitrogen and oxygen atoms in total. The van der Waals surface area contributed by atoms with Crippen LogP contribution < -0.4 is 30.4 Å². The van der Waals surface area contributed by atoms with Gasteiger partial charge in [0.2, 0.25) is 0 Å². The fourth-order valence-corrected chi connectivity index (χ4v) is 6.30. The molecular formula is C40H50N2O4. The van der Waals surface area contributed by atoms with Crippen molar-refractivity contribution in [3.8, 4) is 23.0 Å². The highest BCUT2D eigenvalue weighted by Crippen LogP contribution is 2.40. The summed E-state index contributed by atoms with van der Waals surface area (Å²) in [4.78, 5) is 0. The molecule has 1 aliphatic rings. The highest BCUT2D eigenvalue weighted by atomic mass is 16.5. The quantitative estimate of drug-likeness (QED) is 0.135. The standard InChI is InChI=1S/C40H50N2O4/c1-5-15-43-37-27-11-9-12-28(37)20-32-24-36(42)26-34(40(32)46-18-8-4)22-30-14-10-13-29(38(30)44-16-6-2)21-33-25-35(41)23-31(19-27)39(33)45-17-7-3/h9-14,23-26H,5-8,15-22,41-42H2,1-4H3. The first-order valence-electron chi connectivity index (χ1n) is 17.0. The number of hydrogen-bond acceptors (Lipinski definition) is 6. The molecule has 0 heterocycles. The summed E-state index contributed by atoms with van der Waals surface area (Å²) in [5.41, 5.74) is 23.3. The Bertz CT molecular complexity index is 1420. The first-order valence-corrected chi connectivity index (χ1v) is 17.0. The third kappa shape index (κ3) is 7.72. The minimum Gasteiger partial charge on any atom is -0.493 e. The molecule has 4 aromatic rings. The Morgan fingerprint density at radius 2 is 0.652 bits per heavy atom. The van der Waals surface area contributed by atoms with Crippen molar-refractivity contribution >= 4 is 11.4 Å². The van der Waals surface area contributed by atoms with E-state index in [2.05, 4.69) is 88.4 Å². The molecule has 0 saturated heterocycles. The van der Waals surface area contributed by atoms with Crippen LogP contribution in [0.1, 0.15) is 97.9 Å². The molecule has 46 heavy (non-hydrogen) atoms. The van der Waals surface area contributed by atoms with E-state index < -0.39 is 0 Å². The van der Waals surface area contributed by atoms with E-state index in [0.717, 1.165) is 105 Å². The molecule has 6 heteroatoms. The van der Waals surface area contributed by atoms with Gasteiger partial charge in [-0.05, 0) is 72.2 Å². The molecule has 4 N–H and O–H groups in total. The molecule has 0 saturated carbocycles. The number of ether oxygens (including phenoxy) is 4. The second-order valence-corrected chi connectivity index (χ2v) is 12.2. The van der Waals surface area contributed by atoms with Crippen molar-refractivity contribution in [2.75, 3.05) is 37.9 Å². The van der Waals surface area contributed by atoms with Crippen LogP contribution in [0, 0.1) is 0 Å². The van der Waals surface area contributed by atoms with Crippen LogP contribution in [0.15, 0.2) is 60.7 Å². The van der Waals surface area contributed by atoms with E-state index in [-0.39, 0.29) is 0 Å². The predicted octanol–water partition coefficient (Wildman–Crippen LogP) is 8.68. The van der Waals surface area contributed by atoms with Crippen molar-refractivity contribution in [1.82, 2.24) is 0 Å². The summed E-state index contributed by atoms with van der Waals surface area (Å²) in [6, 6.07) is 21.1. The largest absolute Gasteiger partial charge is 0.493 e. The Morgan fingerprint density at radius 1 is 0.413 bits per heavy atom. The molecule has 244 valence electrons. The van der Waals surface area contributed by atoms with Gasteiger partial charge in [-0.15, -0.1) is 0 Å². The van der Waals surface area contributed by atoms with Gasteiger partial charge in [-0.1, -0.05) is 64.1 Å². The first kappa shape index (κ1) is 33.1. The van der Waals surface area contributed by atoms with Crippen molar-refractivity contribution < 1.29 is 18.9 Å². The average molecular weight is 623 g/mol. The maximum absolute atomic E-state index is 6.61. The van der Waals surface area contributed by atoms with Gasteiger partial charge >= 0.3 is 0 Å². The summed E-state index contributed by atoms with van der Waals surface area (Å²) in [5.74, 6) is 3.62. The Balaban J connectivity index is 1.79. The molecular weight excluding hydrogens is 572 g/mol. The zero-order chi connectivity index (χ0) is 32.5. The zero-order valence-electron chi connectivity index (χ0n) is 28.0. The summed E-state index contributed by atoms with van der Waals surface area (Å²) in [6.07, 6.45) is 6.16. The fraction of sp³-hybridized carbons (Fsp3) is 0.400. The lowest BCUT2D eigenvalue weighted by Crippen LogP contribution is -2.10. The molecule has 0 spiro atoms. The molecule has 0 amide bonds. The maximum atomic E-state index is 6.61. The van der Waals surface area contributed by atoms with Gasteiger partial charge in [-0.2, -0.15) is 0 Å². The van der Waals surface area contributed by atoms with E-state index >= 15 is 0 Å². The van der Waals surface area contributed by atoms with Crippen LogP contribution in [0.2, 0.25) is 0 Å². The summed E-state index contributed by atoms with van der Waals surface area (Å²) in [5, 5.41) is 0. The van der Waals surface area contributed by atoms with Crippen LogP contribution >= 0.6 is 0 Å². The van der Waals surface area contributed by atoms with Gasteiger partial charge in [0.1, 0.15) is 23.0 Å². The monoisotopic (exact) mass is 622 g/mol. The van der Waals surface area contributed by atoms with Crippen molar-refractivity contribution in [2.45, 2.75) is 79.1 Å². The number of rotatable bonds is 12. The Labute approximate surface area is 275 Å². The lowest BCUT2D eigenvalue weighted by molar-refractivity contribution is 0.304. The van der Waals surface area contributed by atoms with Crippen molar-refractivity contribution in [2.24, 2.45) is 0 Å². The maximum Gasteiger partial charge on any atom is 0.126 e. The van der Waals surface area contributed by atoms with Crippen LogP contribution in [0.4, 0.5) is 11.4 Å². The smallest absolute Gasteiger partial charge is 0.126 e. The van der Waals surface area contributed by atoms with E-state index in [1.54, 1.807) is 0 Å². The third-order valence-electron chi connectivity index (χ3n) is 8.21. The number of anilines is 2. The second-order valence-electron chi connectivity index (χ2n) is 12.2. The third-order valence-corrected chi connectivity index (χ3v) is 8.21. The van der Waals surface area contributed by atoms with Crippen LogP contribution in [-0.4, -0.2) is 26.4 Å². The van der Waals surface area contributed by atoms with Crippen LogP contribution in [0.25, 0.3) is 0 Å². The molecule has 0 atom stereocenters. The van der Waals surface area contributed by atoms with Crippen LogP contribution in [-0.2, 0) is 25.7 Å². The highest BCUT2D eigenvalue weighted by molar-refractivity contribution is 5.61. The van der Waals surface area contributed by atoms with Gasteiger partial charge in [0.25, 0.3) is 0 Å². The second kappa shape index (κ2) is 15.8. The first-order chi connectivity index (χ1) is 22.4. The van der Waals surface area contributed by atoms with Gasteiger partial charge in [-0.3, -0.25) is 0 Å². The summed E-state index contributed by atoms with van der Waals surface area (Å²) in [7, 11) is 0. The molecule has 8 bridgehead atoms. The Kier molecular flexibility index (Phi) is 11.4. The molecule has 0 radical (unpaired) electrons. The van der Waals surface area contributed by atoms with Gasteiger partial charge in [0.15, 0.2) is 0 Å². The number of hydrogen-bond donors (Lipinski definition) is 2. The lowest BCUT2D eigenvalue weighted by atomic mass is 9.90. The summed E-state index contributed by atoms with van der Waals surface area (Å²) in [6.45, 7) is 11.0.